The summed E-state index contributed by atoms with van der Waals surface area (Å²) in [6.45, 7) is 2.33. The number of amides is 1. The number of nitrogens with one attached hydrogen (secondary N) is 2. The van der Waals surface area contributed by atoms with Crippen LogP contribution in [-0.4, -0.2) is 60.5 Å². The number of carbonyl (C=O) groups excluding carboxylic acids is 1. The predicted octanol–water partition coefficient (Wildman–Crippen LogP) is 4.65. The highest BCUT2D eigenvalue weighted by Crippen LogP contribution is 2.34. The summed E-state index contributed by atoms with van der Waals surface area (Å²) in [6, 6.07) is 3.92. The molecular weight excluding hydrogens is 562 g/mol. The van der Waals surface area contributed by atoms with Gasteiger partial charge in [0.1, 0.15) is 30.3 Å². The van der Waals surface area contributed by atoms with E-state index in [9.17, 15) is 32.5 Å². The average Bonchev–Trinajstić information content (AvgIpc) is 3.17. The van der Waals surface area contributed by atoms with Crippen molar-refractivity contribution in [2.75, 3.05) is 31.3 Å². The fourth-order valence-electron chi connectivity index (χ4n) is 4.13. The van der Waals surface area contributed by atoms with Crippen LogP contribution in [0.5, 0.6) is 0 Å². The summed E-state index contributed by atoms with van der Waals surface area (Å²) < 4.78 is 55.0. The van der Waals surface area contributed by atoms with Crippen molar-refractivity contribution in [1.82, 2.24) is 24.5 Å². The lowest BCUT2D eigenvalue weighted by molar-refractivity contribution is -0.898. The second-order valence-electron chi connectivity index (χ2n) is 10.0. The van der Waals surface area contributed by atoms with Gasteiger partial charge in [0.05, 0.1) is 37.9 Å². The van der Waals surface area contributed by atoms with Crippen LogP contribution in [0.4, 0.5) is 40.7 Å². The first-order valence-electron chi connectivity index (χ1n) is 12.4. The molecule has 0 radical (unpaired) electrons. The molecule has 220 valence electrons. The van der Waals surface area contributed by atoms with Gasteiger partial charge in [0.25, 0.3) is 0 Å². The van der Waals surface area contributed by atoms with Crippen molar-refractivity contribution in [3.8, 4) is 0 Å². The van der Waals surface area contributed by atoms with Gasteiger partial charge in [-0.15, -0.1) is 0 Å². The van der Waals surface area contributed by atoms with Crippen LogP contribution in [0, 0.1) is 22.9 Å². The number of quaternary nitrogens is 1. The van der Waals surface area contributed by atoms with Crippen molar-refractivity contribution in [1.29, 1.82) is 0 Å². The predicted molar refractivity (Wildman–Crippen MR) is 145 cm³/mol. The van der Waals surface area contributed by atoms with E-state index in [2.05, 4.69) is 30.6 Å². The Hall–Kier alpha value is -4.99. The number of fused-ring (bicyclic) bond motifs is 1. The van der Waals surface area contributed by atoms with Crippen molar-refractivity contribution in [2.24, 2.45) is 7.05 Å². The number of alkyl halides is 3. The van der Waals surface area contributed by atoms with Gasteiger partial charge in [-0.1, -0.05) is 0 Å². The van der Waals surface area contributed by atoms with Crippen molar-refractivity contribution in [2.45, 2.75) is 19.6 Å². The summed E-state index contributed by atoms with van der Waals surface area (Å²) in [7, 11) is 5.41. The van der Waals surface area contributed by atoms with E-state index in [1.165, 1.54) is 24.7 Å². The van der Waals surface area contributed by atoms with Crippen LogP contribution in [0.15, 0.2) is 48.9 Å². The number of aromatic nitrogens is 5. The summed E-state index contributed by atoms with van der Waals surface area (Å²) in [4.78, 5) is 39.8. The Bertz CT molecular complexity index is 1700. The Morgan fingerprint density at radius 2 is 1.93 bits per heavy atom. The van der Waals surface area contributed by atoms with Gasteiger partial charge in [-0.25, -0.2) is 19.3 Å². The zero-order chi connectivity index (χ0) is 30.8. The molecule has 0 aliphatic rings. The number of carbonyl (C=O) groups is 1. The number of rotatable bonds is 9. The smallest absolute Gasteiger partial charge is 0.358 e. The summed E-state index contributed by atoms with van der Waals surface area (Å²) in [5.74, 6) is -1.36. The molecule has 0 aliphatic heterocycles. The lowest BCUT2D eigenvalue weighted by atomic mass is 10.1. The lowest BCUT2D eigenvalue weighted by Crippen LogP contribution is -2.39. The number of aryl methyl sites for hydroxylation is 1. The largest absolute Gasteiger partial charge is 0.419 e. The maximum absolute atomic E-state index is 13.7. The molecular formula is C26H26F4N9O3+. The minimum atomic E-state index is -4.88. The van der Waals surface area contributed by atoms with E-state index in [4.69, 9.17) is 0 Å². The zero-order valence-corrected chi connectivity index (χ0v) is 22.9. The van der Waals surface area contributed by atoms with Crippen molar-refractivity contribution in [3.63, 3.8) is 0 Å². The topological polar surface area (TPSA) is 141 Å². The third-order valence-electron chi connectivity index (χ3n) is 6.34. The number of likely N-dealkylation sites (N-methyl/N-ethyl adjacent to an activating group) is 1. The molecule has 1 aromatic carbocycles. The number of pyridine rings is 1. The number of imidazole rings is 1. The van der Waals surface area contributed by atoms with Crippen molar-refractivity contribution >= 4 is 40.0 Å². The van der Waals surface area contributed by atoms with Gasteiger partial charge in [0.15, 0.2) is 5.69 Å². The van der Waals surface area contributed by atoms with Gasteiger partial charge in [-0.05, 0) is 40.2 Å². The second kappa shape index (κ2) is 11.5. The normalized spacial score (nSPS) is 12.2. The molecule has 0 unspecified atom stereocenters. The van der Waals surface area contributed by atoms with E-state index in [1.54, 1.807) is 24.6 Å². The van der Waals surface area contributed by atoms with Crippen LogP contribution in [0.25, 0.3) is 10.9 Å². The first-order chi connectivity index (χ1) is 19.6. The third kappa shape index (κ3) is 6.83. The van der Waals surface area contributed by atoms with E-state index in [0.29, 0.717) is 52.1 Å². The molecule has 0 bridgehead atoms. The van der Waals surface area contributed by atoms with Gasteiger partial charge in [-0.3, -0.25) is 4.79 Å². The molecule has 16 heteroatoms. The molecule has 12 nitrogen and oxygen atoms in total. The van der Waals surface area contributed by atoms with Crippen molar-refractivity contribution in [3.05, 3.63) is 82.0 Å². The van der Waals surface area contributed by atoms with E-state index in [0.717, 1.165) is 6.07 Å². The molecule has 42 heavy (non-hydrogen) atoms. The van der Waals surface area contributed by atoms with Gasteiger partial charge < -0.3 is 29.8 Å². The number of anilines is 3. The Morgan fingerprint density at radius 1 is 1.19 bits per heavy atom. The van der Waals surface area contributed by atoms with E-state index in [1.807, 2.05) is 14.1 Å². The van der Waals surface area contributed by atoms with Gasteiger partial charge in [0.2, 0.25) is 11.7 Å². The number of nitrogens with zero attached hydrogens (tertiary/aromatic N) is 7. The molecule has 0 saturated carbocycles. The SMILES string of the molecule is Cc1nc([N+](=O)[O-])c(C[N+](C)(C)C/C=C/C(=O)Nc2cc3c(Nc4ccc(F)c(C(F)(F)F)c4)ncnc3cn2)n1C. The maximum Gasteiger partial charge on any atom is 0.419 e. The van der Waals surface area contributed by atoms with Crippen LogP contribution >= 0.6 is 0 Å². The highest BCUT2D eigenvalue weighted by Gasteiger charge is 2.34. The summed E-state index contributed by atoms with van der Waals surface area (Å²) in [5.41, 5.74) is -0.676. The van der Waals surface area contributed by atoms with Crippen LogP contribution in [-0.2, 0) is 24.6 Å². The molecule has 2 N–H and O–H groups in total. The maximum atomic E-state index is 13.7. The van der Waals surface area contributed by atoms with Crippen LogP contribution in [0.1, 0.15) is 17.1 Å². The summed E-state index contributed by atoms with van der Waals surface area (Å²) in [5, 5.41) is 17.1. The number of halogens is 4. The molecule has 4 aromatic rings. The van der Waals surface area contributed by atoms with E-state index >= 15 is 0 Å². The van der Waals surface area contributed by atoms with Gasteiger partial charge in [-0.2, -0.15) is 13.2 Å². The monoisotopic (exact) mass is 588 g/mol. The molecule has 0 fully saturated rings. The molecule has 4 rings (SSSR count). The Morgan fingerprint density at radius 3 is 2.62 bits per heavy atom. The molecule has 3 aromatic heterocycles. The number of nitro groups is 1. The summed E-state index contributed by atoms with van der Waals surface area (Å²) in [6.07, 6.45) is 0.577. The Labute approximate surface area is 236 Å². The molecule has 0 saturated heterocycles. The van der Waals surface area contributed by atoms with Crippen LogP contribution in [0.3, 0.4) is 0 Å². The second-order valence-corrected chi connectivity index (χ2v) is 10.0. The minimum Gasteiger partial charge on any atom is -0.358 e. The van der Waals surface area contributed by atoms with E-state index in [-0.39, 0.29) is 23.1 Å². The van der Waals surface area contributed by atoms with Crippen molar-refractivity contribution < 1.29 is 31.8 Å². The van der Waals surface area contributed by atoms with E-state index < -0.39 is 28.4 Å². The molecule has 3 heterocycles. The molecule has 1 amide bonds. The summed E-state index contributed by atoms with van der Waals surface area (Å²) >= 11 is 0. The standard InChI is InChI=1S/C26H25F4N9O3/c1-15-34-25(38(41)42)21(37(15)2)13-39(3,4)9-5-6-23(40)36-22-11-17-20(12-31-22)32-14-33-24(17)35-16-7-8-19(27)18(10-16)26(28,29)30/h5-8,10-12,14H,9,13H2,1-4H3,(H-,31,32,33,35,36,40)/p+1/b6-5+. The molecule has 0 aliphatic carbocycles. The highest BCUT2D eigenvalue weighted by atomic mass is 19.4. The third-order valence-corrected chi connectivity index (χ3v) is 6.34. The van der Waals surface area contributed by atoms with Gasteiger partial charge >= 0.3 is 12.0 Å². The number of benzene rings is 1. The van der Waals surface area contributed by atoms with Gasteiger partial charge in [0, 0.05) is 31.1 Å². The average molecular weight is 589 g/mol. The number of hydrogen-bond donors (Lipinski definition) is 2. The fraction of sp³-hybridized carbons (Fsp3) is 0.269. The van der Waals surface area contributed by atoms with Crippen LogP contribution in [0.2, 0.25) is 0 Å². The number of hydrogen-bond acceptors (Lipinski definition) is 8. The minimum absolute atomic E-state index is 0.0542. The first kappa shape index (κ1) is 30.0. The van der Waals surface area contributed by atoms with Crippen LogP contribution < -0.4 is 10.6 Å². The molecule has 0 spiro atoms. The fourth-order valence-corrected chi connectivity index (χ4v) is 4.13. The molecule has 0 atom stereocenters. The highest BCUT2D eigenvalue weighted by molar-refractivity contribution is 6.00. The quantitative estimate of drug-likeness (QED) is 0.0947. The Kier molecular flexibility index (Phi) is 8.19. The lowest BCUT2D eigenvalue weighted by Gasteiger charge is -2.28. The zero-order valence-electron chi connectivity index (χ0n) is 22.9. The first-order valence-corrected chi connectivity index (χ1v) is 12.4. The Balaban J connectivity index is 1.47.